The topological polar surface area (TPSA) is 95.1 Å². The van der Waals surface area contributed by atoms with E-state index in [-0.39, 0.29) is 12.3 Å². The molecule has 3 N–H and O–H groups in total. The maximum absolute atomic E-state index is 12.4. The molecular formula is C15H13N3O3S. The van der Waals surface area contributed by atoms with Gasteiger partial charge in [0.1, 0.15) is 0 Å². The van der Waals surface area contributed by atoms with Crippen molar-refractivity contribution < 1.29 is 14.7 Å². The summed E-state index contributed by atoms with van der Waals surface area (Å²) in [7, 11) is 0. The fourth-order valence-corrected chi connectivity index (χ4v) is 2.99. The fourth-order valence-electron chi connectivity index (χ4n) is 2.21. The molecule has 2 aromatic heterocycles. The Labute approximate surface area is 129 Å². The Kier molecular flexibility index (Phi) is 3.88. The maximum Gasteiger partial charge on any atom is 0.305 e. The van der Waals surface area contributed by atoms with Crippen LogP contribution in [0.15, 0.2) is 41.9 Å². The number of H-pyrrole nitrogens is 1. The van der Waals surface area contributed by atoms with Crippen molar-refractivity contribution in [3.8, 4) is 0 Å². The number of fused-ring (bicyclic) bond motifs is 1. The van der Waals surface area contributed by atoms with Gasteiger partial charge in [-0.15, -0.1) is 11.3 Å². The number of benzene rings is 1. The van der Waals surface area contributed by atoms with Crippen LogP contribution in [0, 0.1) is 0 Å². The maximum atomic E-state index is 12.4. The van der Waals surface area contributed by atoms with E-state index in [1.807, 2.05) is 17.5 Å². The smallest absolute Gasteiger partial charge is 0.305 e. The van der Waals surface area contributed by atoms with Crippen molar-refractivity contribution in [3.63, 3.8) is 0 Å². The van der Waals surface area contributed by atoms with E-state index in [9.17, 15) is 9.59 Å². The normalized spacial score (nSPS) is 12.2. The lowest BCUT2D eigenvalue weighted by molar-refractivity contribution is -0.137. The second-order valence-electron chi connectivity index (χ2n) is 4.81. The van der Waals surface area contributed by atoms with Crippen LogP contribution in [0.1, 0.15) is 27.7 Å². The average molecular weight is 315 g/mol. The number of amides is 1. The van der Waals surface area contributed by atoms with E-state index in [0.717, 1.165) is 15.8 Å². The summed E-state index contributed by atoms with van der Waals surface area (Å²) in [5.74, 6) is -1.26. The molecule has 0 fully saturated rings. The number of aromatic amines is 1. The highest BCUT2D eigenvalue weighted by Crippen LogP contribution is 2.23. The first-order chi connectivity index (χ1) is 10.6. The van der Waals surface area contributed by atoms with Crippen LogP contribution >= 0.6 is 11.3 Å². The molecule has 0 aliphatic heterocycles. The summed E-state index contributed by atoms with van der Waals surface area (Å²) >= 11 is 1.42. The van der Waals surface area contributed by atoms with E-state index in [1.54, 1.807) is 24.4 Å². The van der Waals surface area contributed by atoms with Crippen molar-refractivity contribution in [2.24, 2.45) is 0 Å². The predicted octanol–water partition coefficient (Wildman–Crippen LogP) is 2.57. The Morgan fingerprint density at radius 3 is 2.95 bits per heavy atom. The van der Waals surface area contributed by atoms with Gasteiger partial charge in [-0.3, -0.25) is 14.7 Å². The quantitative estimate of drug-likeness (QED) is 0.674. The number of nitrogens with zero attached hydrogens (tertiary/aromatic N) is 1. The Morgan fingerprint density at radius 2 is 2.23 bits per heavy atom. The number of nitrogens with one attached hydrogen (secondary N) is 2. The number of carbonyl (C=O) groups excluding carboxylic acids is 1. The molecule has 0 saturated heterocycles. The summed E-state index contributed by atoms with van der Waals surface area (Å²) in [6.07, 6.45) is 1.49. The van der Waals surface area contributed by atoms with Gasteiger partial charge in [-0.25, -0.2) is 0 Å². The molecule has 0 unspecified atom stereocenters. The minimum absolute atomic E-state index is 0.153. The highest BCUT2D eigenvalue weighted by molar-refractivity contribution is 7.10. The van der Waals surface area contributed by atoms with Crippen LogP contribution < -0.4 is 5.32 Å². The SMILES string of the molecule is O=C(O)C[C@@H](NC(=O)c1ccc2[nH]ncc2c1)c1cccs1. The number of aliphatic carboxylic acids is 1. The van der Waals surface area contributed by atoms with Crippen LogP contribution in [0.3, 0.4) is 0 Å². The van der Waals surface area contributed by atoms with Gasteiger partial charge in [0.2, 0.25) is 0 Å². The van der Waals surface area contributed by atoms with Gasteiger partial charge in [0.05, 0.1) is 24.2 Å². The Morgan fingerprint density at radius 1 is 1.36 bits per heavy atom. The number of carbonyl (C=O) groups is 2. The molecule has 7 heteroatoms. The average Bonchev–Trinajstić information content (AvgIpc) is 3.16. The molecule has 2 heterocycles. The molecule has 1 atom stereocenters. The summed E-state index contributed by atoms with van der Waals surface area (Å²) in [6, 6.07) is 8.29. The fraction of sp³-hybridized carbons (Fsp3) is 0.133. The summed E-state index contributed by atoms with van der Waals surface area (Å²) in [5, 5.41) is 21.2. The molecule has 0 spiro atoms. The van der Waals surface area contributed by atoms with Gasteiger partial charge in [0.15, 0.2) is 0 Å². The van der Waals surface area contributed by atoms with Gasteiger partial charge >= 0.3 is 5.97 Å². The number of carboxylic acid groups (broad SMARTS) is 1. The highest BCUT2D eigenvalue weighted by atomic mass is 32.1. The lowest BCUT2D eigenvalue weighted by Gasteiger charge is -2.15. The molecule has 3 aromatic rings. The van der Waals surface area contributed by atoms with Gasteiger partial charge in [0.25, 0.3) is 5.91 Å². The van der Waals surface area contributed by atoms with Crippen molar-refractivity contribution in [2.75, 3.05) is 0 Å². The molecule has 0 aliphatic rings. The summed E-state index contributed by atoms with van der Waals surface area (Å²) in [4.78, 5) is 24.2. The number of hydrogen-bond donors (Lipinski definition) is 3. The molecule has 112 valence electrons. The summed E-state index contributed by atoms with van der Waals surface area (Å²) in [5.41, 5.74) is 1.32. The molecule has 0 aliphatic carbocycles. The van der Waals surface area contributed by atoms with Gasteiger partial charge in [0, 0.05) is 15.8 Å². The monoisotopic (exact) mass is 315 g/mol. The van der Waals surface area contributed by atoms with Crippen LogP contribution in [0.4, 0.5) is 0 Å². The van der Waals surface area contributed by atoms with E-state index < -0.39 is 12.0 Å². The first-order valence-corrected chi connectivity index (χ1v) is 7.50. The molecule has 1 aromatic carbocycles. The van der Waals surface area contributed by atoms with Crippen LogP contribution in [0.5, 0.6) is 0 Å². The van der Waals surface area contributed by atoms with Gasteiger partial charge in [-0.2, -0.15) is 5.10 Å². The minimum Gasteiger partial charge on any atom is -0.481 e. The van der Waals surface area contributed by atoms with E-state index in [2.05, 4.69) is 15.5 Å². The van der Waals surface area contributed by atoms with Crippen molar-refractivity contribution in [1.82, 2.24) is 15.5 Å². The second kappa shape index (κ2) is 5.98. The highest BCUT2D eigenvalue weighted by Gasteiger charge is 2.20. The number of carboxylic acids is 1. The zero-order chi connectivity index (χ0) is 15.5. The molecule has 0 bridgehead atoms. The molecule has 22 heavy (non-hydrogen) atoms. The predicted molar refractivity (Wildman–Crippen MR) is 82.9 cm³/mol. The third-order valence-corrected chi connectivity index (χ3v) is 4.26. The van der Waals surface area contributed by atoms with Crippen LogP contribution in [-0.2, 0) is 4.79 Å². The lowest BCUT2D eigenvalue weighted by atomic mass is 10.1. The Bertz CT molecular complexity index is 810. The van der Waals surface area contributed by atoms with Gasteiger partial charge in [-0.1, -0.05) is 6.07 Å². The van der Waals surface area contributed by atoms with Crippen molar-refractivity contribution in [1.29, 1.82) is 0 Å². The minimum atomic E-state index is -0.955. The Balaban J connectivity index is 1.82. The van der Waals surface area contributed by atoms with Crippen LogP contribution in [-0.4, -0.2) is 27.2 Å². The summed E-state index contributed by atoms with van der Waals surface area (Å²) in [6.45, 7) is 0. The molecule has 1 amide bonds. The Hall–Kier alpha value is -2.67. The molecule has 3 rings (SSSR count). The van der Waals surface area contributed by atoms with E-state index in [1.165, 1.54) is 11.3 Å². The van der Waals surface area contributed by atoms with Gasteiger partial charge < -0.3 is 10.4 Å². The molecule has 6 nitrogen and oxygen atoms in total. The van der Waals surface area contributed by atoms with Crippen LogP contribution in [0.2, 0.25) is 0 Å². The number of thiophene rings is 1. The number of rotatable bonds is 5. The van der Waals surface area contributed by atoms with Crippen LogP contribution in [0.25, 0.3) is 10.9 Å². The zero-order valence-electron chi connectivity index (χ0n) is 11.4. The first kappa shape index (κ1) is 14.3. The third-order valence-electron chi connectivity index (χ3n) is 3.27. The standard InChI is InChI=1S/C15H13N3O3S/c19-14(20)7-12(13-2-1-5-22-13)17-15(21)9-3-4-11-10(6-9)8-16-18-11/h1-6,8,12H,7H2,(H,16,18)(H,17,21)(H,19,20)/t12-/m1/s1. The molecule has 0 radical (unpaired) electrons. The van der Waals surface area contributed by atoms with Crippen molar-refractivity contribution >= 4 is 34.1 Å². The second-order valence-corrected chi connectivity index (χ2v) is 5.79. The van der Waals surface area contributed by atoms with Crippen molar-refractivity contribution in [3.05, 3.63) is 52.3 Å². The summed E-state index contributed by atoms with van der Waals surface area (Å²) < 4.78 is 0. The largest absolute Gasteiger partial charge is 0.481 e. The van der Waals surface area contributed by atoms with E-state index >= 15 is 0 Å². The molecular weight excluding hydrogens is 302 g/mol. The zero-order valence-corrected chi connectivity index (χ0v) is 12.3. The van der Waals surface area contributed by atoms with Crippen molar-refractivity contribution in [2.45, 2.75) is 12.5 Å². The first-order valence-electron chi connectivity index (χ1n) is 6.62. The third kappa shape index (κ3) is 2.99. The number of aromatic nitrogens is 2. The van der Waals surface area contributed by atoms with Gasteiger partial charge in [-0.05, 0) is 29.6 Å². The number of hydrogen-bond acceptors (Lipinski definition) is 4. The van der Waals surface area contributed by atoms with E-state index in [0.29, 0.717) is 5.56 Å². The lowest BCUT2D eigenvalue weighted by Crippen LogP contribution is -2.29. The molecule has 0 saturated carbocycles. The van der Waals surface area contributed by atoms with E-state index in [4.69, 9.17) is 5.11 Å².